The van der Waals surface area contributed by atoms with Crippen molar-refractivity contribution < 1.29 is 9.53 Å². The minimum Gasteiger partial charge on any atom is -0.381 e. The lowest BCUT2D eigenvalue weighted by Crippen LogP contribution is -2.38. The number of carbonyl (C=O) groups excluding carboxylic acids is 1. The van der Waals surface area contributed by atoms with Crippen LogP contribution in [0.2, 0.25) is 5.02 Å². The van der Waals surface area contributed by atoms with Crippen molar-refractivity contribution >= 4 is 17.5 Å². The Morgan fingerprint density at radius 3 is 2.70 bits per heavy atom. The zero-order valence-electron chi connectivity index (χ0n) is 13.3. The third-order valence-electron chi connectivity index (χ3n) is 4.36. The molecule has 0 unspecified atom stereocenters. The average Bonchev–Trinajstić information content (AvgIpc) is 3.11. The van der Waals surface area contributed by atoms with Crippen LogP contribution in [0.1, 0.15) is 35.2 Å². The minimum absolute atomic E-state index is 0.139. The average molecular weight is 337 g/mol. The van der Waals surface area contributed by atoms with Gasteiger partial charge in [0.2, 0.25) is 0 Å². The van der Waals surface area contributed by atoms with Crippen LogP contribution in [0.4, 0.5) is 0 Å². The van der Waals surface area contributed by atoms with E-state index >= 15 is 0 Å². The summed E-state index contributed by atoms with van der Waals surface area (Å²) in [5.74, 6) is 1.04. The normalized spacial score (nSPS) is 17.2. The van der Waals surface area contributed by atoms with E-state index in [0.717, 1.165) is 31.9 Å². The molecular formula is C16H21ClN4O2. The number of ether oxygens (including phenoxy) is 1. The fraction of sp³-hybridized carbons (Fsp3) is 0.500. The highest BCUT2D eigenvalue weighted by atomic mass is 35.5. The Bertz CT molecular complexity index is 688. The maximum atomic E-state index is 12.7. The Morgan fingerprint density at radius 1 is 1.39 bits per heavy atom. The lowest BCUT2D eigenvalue weighted by atomic mass is 9.91. The number of nitrogens with one attached hydrogen (secondary N) is 1. The third kappa shape index (κ3) is 3.43. The molecule has 3 rings (SSSR count). The molecule has 0 spiro atoms. The highest BCUT2D eigenvalue weighted by Crippen LogP contribution is 2.29. The fourth-order valence-electron chi connectivity index (χ4n) is 3.08. The van der Waals surface area contributed by atoms with E-state index in [0.29, 0.717) is 16.6 Å². The molecule has 0 aliphatic carbocycles. The summed E-state index contributed by atoms with van der Waals surface area (Å²) in [6.07, 6.45) is 7.19. The molecule has 1 amide bonds. The van der Waals surface area contributed by atoms with E-state index in [4.69, 9.17) is 16.3 Å². The van der Waals surface area contributed by atoms with Crippen LogP contribution >= 0.6 is 11.6 Å². The van der Waals surface area contributed by atoms with Crippen LogP contribution in [0.25, 0.3) is 0 Å². The van der Waals surface area contributed by atoms with Gasteiger partial charge in [0.05, 0.1) is 11.1 Å². The Hall–Kier alpha value is -1.79. The minimum atomic E-state index is -0.140. The molecule has 0 bridgehead atoms. The van der Waals surface area contributed by atoms with E-state index in [1.807, 2.05) is 24.9 Å². The first-order valence-electron chi connectivity index (χ1n) is 7.74. The molecule has 1 N–H and O–H groups in total. The summed E-state index contributed by atoms with van der Waals surface area (Å²) in [7, 11) is 3.76. The first-order valence-corrected chi connectivity index (χ1v) is 8.11. The van der Waals surface area contributed by atoms with E-state index in [2.05, 4.69) is 10.3 Å². The quantitative estimate of drug-likeness (QED) is 0.932. The molecule has 2 aromatic rings. The number of aromatic nitrogens is 3. The highest BCUT2D eigenvalue weighted by molar-refractivity contribution is 6.31. The van der Waals surface area contributed by atoms with Crippen molar-refractivity contribution in [3.63, 3.8) is 0 Å². The number of rotatable bonds is 4. The summed E-state index contributed by atoms with van der Waals surface area (Å²) in [4.78, 5) is 17.1. The van der Waals surface area contributed by atoms with Crippen LogP contribution in [0.3, 0.4) is 0 Å². The van der Waals surface area contributed by atoms with Gasteiger partial charge >= 0.3 is 0 Å². The van der Waals surface area contributed by atoms with Gasteiger partial charge in [-0.2, -0.15) is 0 Å². The van der Waals surface area contributed by atoms with Crippen molar-refractivity contribution in [1.29, 1.82) is 0 Å². The Balaban J connectivity index is 1.85. The molecule has 1 aliphatic rings. The molecule has 23 heavy (non-hydrogen) atoms. The van der Waals surface area contributed by atoms with E-state index in [1.54, 1.807) is 23.0 Å². The molecule has 6 nitrogen and oxygen atoms in total. The predicted molar refractivity (Wildman–Crippen MR) is 87.4 cm³/mol. The maximum absolute atomic E-state index is 12.7. The largest absolute Gasteiger partial charge is 0.381 e. The number of imidazole rings is 1. The summed E-state index contributed by atoms with van der Waals surface area (Å²) in [5.41, 5.74) is 0.543. The standard InChI is InChI=1S/C16H21ClN4O2/c1-20-6-5-18-15(20)14(11-3-7-23-8-4-11)19-16(22)13-9-12(17)10-21(13)2/h5-6,9-11,14H,3-4,7-8H2,1-2H3,(H,19,22)/t14-/m0/s1. The summed E-state index contributed by atoms with van der Waals surface area (Å²) >= 11 is 5.99. The topological polar surface area (TPSA) is 61.1 Å². The van der Waals surface area contributed by atoms with Gasteiger partial charge in [0.15, 0.2) is 0 Å². The van der Waals surface area contributed by atoms with Gasteiger partial charge in [-0.3, -0.25) is 4.79 Å². The van der Waals surface area contributed by atoms with Crippen molar-refractivity contribution in [3.8, 4) is 0 Å². The first kappa shape index (κ1) is 16.1. The van der Waals surface area contributed by atoms with Crippen molar-refractivity contribution in [1.82, 2.24) is 19.4 Å². The molecule has 7 heteroatoms. The van der Waals surface area contributed by atoms with Gasteiger partial charge in [-0.15, -0.1) is 0 Å². The zero-order chi connectivity index (χ0) is 16.4. The second-order valence-corrected chi connectivity index (χ2v) is 6.39. The van der Waals surface area contributed by atoms with Gasteiger partial charge in [0.25, 0.3) is 5.91 Å². The third-order valence-corrected chi connectivity index (χ3v) is 4.57. The highest BCUT2D eigenvalue weighted by Gasteiger charge is 2.30. The molecule has 1 atom stereocenters. The molecule has 1 saturated heterocycles. The van der Waals surface area contributed by atoms with Crippen molar-refractivity contribution in [2.75, 3.05) is 13.2 Å². The van der Waals surface area contributed by atoms with Crippen molar-refractivity contribution in [2.45, 2.75) is 18.9 Å². The predicted octanol–water partition coefficient (Wildman–Crippen LogP) is 2.31. The smallest absolute Gasteiger partial charge is 0.268 e. The molecule has 0 saturated carbocycles. The second kappa shape index (κ2) is 6.76. The van der Waals surface area contributed by atoms with E-state index in [1.165, 1.54) is 0 Å². The monoisotopic (exact) mass is 336 g/mol. The molecular weight excluding hydrogens is 316 g/mol. The summed E-state index contributed by atoms with van der Waals surface area (Å²) < 4.78 is 9.14. The van der Waals surface area contributed by atoms with Gasteiger partial charge in [0, 0.05) is 45.9 Å². The fourth-order valence-corrected chi connectivity index (χ4v) is 3.33. The van der Waals surface area contributed by atoms with Gasteiger partial charge in [-0.05, 0) is 24.8 Å². The van der Waals surface area contributed by atoms with Crippen LogP contribution in [-0.4, -0.2) is 33.2 Å². The second-order valence-electron chi connectivity index (χ2n) is 5.95. The molecule has 124 valence electrons. The number of aryl methyl sites for hydroxylation is 2. The van der Waals surface area contributed by atoms with Gasteiger partial charge in [-0.25, -0.2) is 4.98 Å². The molecule has 2 aromatic heterocycles. The molecule has 0 aromatic carbocycles. The van der Waals surface area contributed by atoms with E-state index in [9.17, 15) is 4.79 Å². The summed E-state index contributed by atoms with van der Waals surface area (Å²) in [6.45, 7) is 1.44. The van der Waals surface area contributed by atoms with E-state index in [-0.39, 0.29) is 11.9 Å². The summed E-state index contributed by atoms with van der Waals surface area (Å²) in [5, 5.41) is 3.70. The van der Waals surface area contributed by atoms with Crippen molar-refractivity contribution in [2.24, 2.45) is 20.0 Å². The molecule has 0 radical (unpaired) electrons. The van der Waals surface area contributed by atoms with Crippen LogP contribution in [0, 0.1) is 5.92 Å². The number of carbonyl (C=O) groups is 1. The lowest BCUT2D eigenvalue weighted by Gasteiger charge is -2.30. The Kier molecular flexibility index (Phi) is 4.73. The first-order chi connectivity index (χ1) is 11.1. The Morgan fingerprint density at radius 2 is 2.13 bits per heavy atom. The summed E-state index contributed by atoms with van der Waals surface area (Å²) in [6, 6.07) is 1.54. The van der Waals surface area contributed by atoms with E-state index < -0.39 is 0 Å². The van der Waals surface area contributed by atoms with Gasteiger partial charge in [-0.1, -0.05) is 11.6 Å². The maximum Gasteiger partial charge on any atom is 0.268 e. The number of hydrogen-bond acceptors (Lipinski definition) is 3. The molecule has 1 fully saturated rings. The zero-order valence-corrected chi connectivity index (χ0v) is 14.1. The molecule has 3 heterocycles. The van der Waals surface area contributed by atoms with Gasteiger partial charge < -0.3 is 19.2 Å². The lowest BCUT2D eigenvalue weighted by molar-refractivity contribution is 0.0498. The number of amides is 1. The van der Waals surface area contributed by atoms with Crippen LogP contribution < -0.4 is 5.32 Å². The molecule has 1 aliphatic heterocycles. The van der Waals surface area contributed by atoms with Crippen LogP contribution in [-0.2, 0) is 18.8 Å². The number of halogens is 1. The van der Waals surface area contributed by atoms with Gasteiger partial charge in [0.1, 0.15) is 11.5 Å². The number of hydrogen-bond donors (Lipinski definition) is 1. The Labute approximate surface area is 140 Å². The number of nitrogens with zero attached hydrogens (tertiary/aromatic N) is 3. The SMILES string of the molecule is Cn1cc(Cl)cc1C(=O)N[C@H](c1nccn1C)C1CCOCC1. The van der Waals surface area contributed by atoms with Crippen molar-refractivity contribution in [3.05, 3.63) is 41.2 Å². The van der Waals surface area contributed by atoms with Crippen LogP contribution in [0.15, 0.2) is 24.7 Å². The van der Waals surface area contributed by atoms with Crippen LogP contribution in [0.5, 0.6) is 0 Å².